The van der Waals surface area contributed by atoms with Crippen molar-refractivity contribution in [3.63, 3.8) is 0 Å². The number of halogens is 6. The smallest absolute Gasteiger partial charge is 0.305 e. The van der Waals surface area contributed by atoms with Crippen LogP contribution in [0.1, 0.15) is 11.1 Å². The van der Waals surface area contributed by atoms with E-state index >= 15 is 0 Å². The maximum absolute atomic E-state index is 12.9. The first kappa shape index (κ1) is 29.7. The van der Waals surface area contributed by atoms with E-state index in [1.807, 2.05) is 60.8 Å². The van der Waals surface area contributed by atoms with Crippen LogP contribution >= 0.6 is 0 Å². The van der Waals surface area contributed by atoms with Gasteiger partial charge in [-0.2, -0.15) is 26.3 Å². The first-order valence-corrected chi connectivity index (χ1v) is 11.2. The van der Waals surface area contributed by atoms with Gasteiger partial charge in [0.2, 0.25) is 0 Å². The summed E-state index contributed by atoms with van der Waals surface area (Å²) in [6.45, 7) is 0. The number of rotatable bonds is 3. The van der Waals surface area contributed by atoms with E-state index in [2.05, 4.69) is 34.2 Å². The van der Waals surface area contributed by atoms with Crippen molar-refractivity contribution in [3.8, 4) is 33.6 Å². The van der Waals surface area contributed by atoms with Gasteiger partial charge in [-0.3, -0.25) is 0 Å². The summed E-state index contributed by atoms with van der Waals surface area (Å²) in [7, 11) is 0. The van der Waals surface area contributed by atoms with Crippen molar-refractivity contribution in [2.45, 2.75) is 12.4 Å². The van der Waals surface area contributed by atoms with E-state index in [1.165, 1.54) is 30.0 Å². The Balaban J connectivity index is 0.000000211. The molecule has 2 heterocycles. The second kappa shape index (κ2) is 12.8. The Morgan fingerprint density at radius 2 is 1.33 bits per heavy atom. The number of nitrogens with zero attached hydrogens (tertiary/aromatic N) is 2. The molecule has 0 unspecified atom stereocenters. The standard InChI is InChI=1S/C17H12N.C13H6F6N.Ir/c1-3-7-14(8-4-1)16-11-12-17(18-13-16)15-9-5-2-6-10-15;14-12(15,16)8-4-5-9(10(7-8)13(17,18)19)11-3-1-2-6-20-11;/h1-9,11-13H;1-4,6-7H;/q2*-1;. The van der Waals surface area contributed by atoms with Crippen LogP contribution in [0.2, 0.25) is 0 Å². The molecular formula is C30H18F6IrN2-2. The van der Waals surface area contributed by atoms with Crippen molar-refractivity contribution < 1.29 is 46.4 Å². The van der Waals surface area contributed by atoms with Gasteiger partial charge in [0.25, 0.3) is 0 Å². The van der Waals surface area contributed by atoms with Crippen LogP contribution in [0, 0.1) is 12.1 Å². The Morgan fingerprint density at radius 1 is 0.615 bits per heavy atom. The van der Waals surface area contributed by atoms with E-state index in [1.54, 1.807) is 0 Å². The van der Waals surface area contributed by atoms with Gasteiger partial charge in [0, 0.05) is 32.5 Å². The molecule has 0 aliphatic carbocycles. The summed E-state index contributed by atoms with van der Waals surface area (Å²) in [6, 6.07) is 32.2. The van der Waals surface area contributed by atoms with Crippen LogP contribution in [0.3, 0.4) is 0 Å². The van der Waals surface area contributed by atoms with Crippen LogP contribution in [-0.4, -0.2) is 9.97 Å². The van der Waals surface area contributed by atoms with E-state index < -0.39 is 29.0 Å². The minimum absolute atomic E-state index is 0. The molecule has 0 spiro atoms. The molecule has 39 heavy (non-hydrogen) atoms. The molecule has 3 aromatic carbocycles. The molecule has 0 atom stereocenters. The van der Waals surface area contributed by atoms with E-state index in [9.17, 15) is 26.3 Å². The minimum Gasteiger partial charge on any atom is -0.305 e. The van der Waals surface area contributed by atoms with Gasteiger partial charge < -0.3 is 9.97 Å². The molecule has 0 bridgehead atoms. The number of alkyl halides is 6. The third kappa shape index (κ3) is 7.85. The average molecular weight is 713 g/mol. The summed E-state index contributed by atoms with van der Waals surface area (Å²) in [5.41, 5.74) is 0.895. The fourth-order valence-electron chi connectivity index (χ4n) is 3.51. The third-order valence-corrected chi connectivity index (χ3v) is 5.35. The second-order valence-corrected chi connectivity index (χ2v) is 7.96. The Morgan fingerprint density at radius 3 is 1.90 bits per heavy atom. The molecule has 201 valence electrons. The molecule has 2 aromatic heterocycles. The maximum Gasteiger partial charge on any atom is 0.381 e. The maximum atomic E-state index is 12.9. The Kier molecular flexibility index (Phi) is 9.78. The Hall–Kier alpha value is -3.81. The van der Waals surface area contributed by atoms with E-state index in [0.29, 0.717) is 6.07 Å². The SMILES string of the molecule is FC(F)(F)c1c[c-]c(-c2ccccn2)c(C(F)(F)F)c1.[Ir].[c-]1ccccc1-c1ccc(-c2ccccc2)cn1. The summed E-state index contributed by atoms with van der Waals surface area (Å²) in [5.74, 6) is 0. The van der Waals surface area contributed by atoms with Crippen molar-refractivity contribution in [1.82, 2.24) is 9.97 Å². The Bertz CT molecular complexity index is 1400. The molecule has 0 N–H and O–H groups in total. The van der Waals surface area contributed by atoms with Crippen molar-refractivity contribution in [2.24, 2.45) is 0 Å². The molecule has 5 aromatic rings. The van der Waals surface area contributed by atoms with Gasteiger partial charge in [-0.25, -0.2) is 0 Å². The molecule has 2 nitrogen and oxygen atoms in total. The molecule has 0 aliphatic rings. The van der Waals surface area contributed by atoms with Crippen molar-refractivity contribution >= 4 is 0 Å². The average Bonchev–Trinajstić information content (AvgIpc) is 2.94. The molecule has 0 fully saturated rings. The summed E-state index contributed by atoms with van der Waals surface area (Å²) < 4.78 is 76.1. The number of pyridine rings is 2. The number of hydrogen-bond acceptors (Lipinski definition) is 2. The monoisotopic (exact) mass is 713 g/mol. The molecule has 0 saturated heterocycles. The van der Waals surface area contributed by atoms with Gasteiger partial charge >= 0.3 is 12.4 Å². The number of aromatic nitrogens is 2. The predicted octanol–water partition coefficient (Wildman–Crippen LogP) is 8.80. The molecule has 9 heteroatoms. The molecule has 0 saturated carbocycles. The number of hydrogen-bond donors (Lipinski definition) is 0. The molecule has 5 rings (SSSR count). The van der Waals surface area contributed by atoms with Gasteiger partial charge in [0.1, 0.15) is 0 Å². The van der Waals surface area contributed by atoms with Gasteiger partial charge in [0.15, 0.2) is 0 Å². The van der Waals surface area contributed by atoms with E-state index in [4.69, 9.17) is 0 Å². The fraction of sp³-hybridized carbons (Fsp3) is 0.0667. The van der Waals surface area contributed by atoms with E-state index in [-0.39, 0.29) is 31.9 Å². The summed E-state index contributed by atoms with van der Waals surface area (Å²) in [6.07, 6.45) is -6.63. The van der Waals surface area contributed by atoms with Gasteiger partial charge in [-0.15, -0.1) is 59.7 Å². The van der Waals surface area contributed by atoms with Gasteiger partial charge in [0.05, 0.1) is 0 Å². The van der Waals surface area contributed by atoms with E-state index in [0.717, 1.165) is 16.8 Å². The molecule has 0 aliphatic heterocycles. The van der Waals surface area contributed by atoms with Crippen molar-refractivity contribution in [2.75, 3.05) is 0 Å². The quantitative estimate of drug-likeness (QED) is 0.138. The van der Waals surface area contributed by atoms with Crippen LogP contribution in [0.5, 0.6) is 0 Å². The summed E-state index contributed by atoms with van der Waals surface area (Å²) in [4.78, 5) is 8.20. The Labute approximate surface area is 234 Å². The van der Waals surface area contributed by atoms with Crippen molar-refractivity contribution in [1.29, 1.82) is 0 Å². The van der Waals surface area contributed by atoms with Gasteiger partial charge in [-0.05, 0) is 39.7 Å². The zero-order chi connectivity index (χ0) is 27.2. The molecular weight excluding hydrogens is 695 g/mol. The van der Waals surface area contributed by atoms with Crippen LogP contribution < -0.4 is 0 Å². The summed E-state index contributed by atoms with van der Waals surface area (Å²) >= 11 is 0. The first-order chi connectivity index (χ1) is 18.1. The molecule has 0 amide bonds. The van der Waals surface area contributed by atoms with Crippen LogP contribution in [0.4, 0.5) is 26.3 Å². The van der Waals surface area contributed by atoms with Crippen LogP contribution in [0.25, 0.3) is 33.6 Å². The van der Waals surface area contributed by atoms with Crippen LogP contribution in [-0.2, 0) is 32.5 Å². The fourth-order valence-corrected chi connectivity index (χ4v) is 3.51. The second-order valence-electron chi connectivity index (χ2n) is 7.96. The zero-order valence-corrected chi connectivity index (χ0v) is 22.3. The predicted molar refractivity (Wildman–Crippen MR) is 132 cm³/mol. The van der Waals surface area contributed by atoms with Crippen LogP contribution in [0.15, 0.2) is 109 Å². The minimum atomic E-state index is -4.93. The topological polar surface area (TPSA) is 25.8 Å². The normalized spacial score (nSPS) is 11.1. The zero-order valence-electron chi connectivity index (χ0n) is 19.9. The number of benzene rings is 3. The third-order valence-electron chi connectivity index (χ3n) is 5.35. The molecule has 1 radical (unpaired) electrons. The van der Waals surface area contributed by atoms with Gasteiger partial charge in [-0.1, -0.05) is 54.6 Å². The summed E-state index contributed by atoms with van der Waals surface area (Å²) in [5, 5.41) is 0. The first-order valence-electron chi connectivity index (χ1n) is 11.2. The largest absolute Gasteiger partial charge is 0.381 e. The van der Waals surface area contributed by atoms with Crippen molar-refractivity contribution in [3.05, 3.63) is 133 Å².